The molecule has 0 spiro atoms. The van der Waals surface area contributed by atoms with E-state index in [9.17, 15) is 14.3 Å². The first-order valence-corrected chi connectivity index (χ1v) is 6.84. The van der Waals surface area contributed by atoms with Crippen LogP contribution >= 0.6 is 11.8 Å². The van der Waals surface area contributed by atoms with E-state index in [1.165, 1.54) is 24.3 Å². The van der Waals surface area contributed by atoms with E-state index in [-0.39, 0.29) is 24.3 Å². The van der Waals surface area contributed by atoms with Crippen LogP contribution < -0.4 is 10.6 Å². The minimum atomic E-state index is -0.816. The molecule has 1 aliphatic rings. The number of carbonyl (C=O) groups is 1. The molecular weight excluding hydrogens is 255 g/mol. The van der Waals surface area contributed by atoms with E-state index < -0.39 is 6.10 Å². The van der Waals surface area contributed by atoms with Crippen LogP contribution in [0.15, 0.2) is 24.3 Å². The van der Waals surface area contributed by atoms with Crippen molar-refractivity contribution in [2.75, 3.05) is 18.2 Å². The molecule has 3 N–H and O–H groups in total. The summed E-state index contributed by atoms with van der Waals surface area (Å²) in [6.07, 6.45) is -0.816. The highest BCUT2D eigenvalue weighted by molar-refractivity contribution is 7.99. The second kappa shape index (κ2) is 6.17. The van der Waals surface area contributed by atoms with E-state index in [1.54, 1.807) is 11.8 Å². The molecular formula is C12H15FN2O2S. The Morgan fingerprint density at radius 1 is 1.56 bits per heavy atom. The van der Waals surface area contributed by atoms with Gasteiger partial charge >= 0.3 is 0 Å². The molecule has 1 fully saturated rings. The van der Waals surface area contributed by atoms with Gasteiger partial charge in [-0.15, -0.1) is 11.8 Å². The van der Waals surface area contributed by atoms with E-state index in [2.05, 4.69) is 10.6 Å². The minimum Gasteiger partial charge on any atom is -0.387 e. The smallest absolute Gasteiger partial charge is 0.238 e. The number of nitrogens with one attached hydrogen (secondary N) is 2. The molecule has 0 radical (unpaired) electrons. The fraction of sp³-hybridized carbons (Fsp3) is 0.417. The van der Waals surface area contributed by atoms with Crippen molar-refractivity contribution in [3.63, 3.8) is 0 Å². The Hall–Kier alpha value is -1.11. The van der Waals surface area contributed by atoms with E-state index >= 15 is 0 Å². The van der Waals surface area contributed by atoms with Gasteiger partial charge in [-0.2, -0.15) is 0 Å². The molecule has 1 aromatic carbocycles. The minimum absolute atomic E-state index is 0.110. The van der Waals surface area contributed by atoms with Gasteiger partial charge in [0.1, 0.15) is 5.82 Å². The number of carbonyl (C=O) groups excluding carboxylic acids is 1. The summed E-state index contributed by atoms with van der Waals surface area (Å²) in [5.74, 6) is 1.07. The van der Waals surface area contributed by atoms with Gasteiger partial charge in [-0.1, -0.05) is 12.1 Å². The fourth-order valence-corrected chi connectivity index (χ4v) is 2.63. The van der Waals surface area contributed by atoms with Crippen molar-refractivity contribution < 1.29 is 14.3 Å². The lowest BCUT2D eigenvalue weighted by molar-refractivity contribution is -0.122. The average molecular weight is 270 g/mol. The molecule has 1 unspecified atom stereocenters. The molecule has 2 rings (SSSR count). The fourth-order valence-electron chi connectivity index (χ4n) is 1.69. The van der Waals surface area contributed by atoms with Crippen molar-refractivity contribution in [3.05, 3.63) is 35.6 Å². The van der Waals surface area contributed by atoms with Gasteiger partial charge in [-0.05, 0) is 17.7 Å². The third-order valence-electron chi connectivity index (χ3n) is 2.76. The highest BCUT2D eigenvalue weighted by Gasteiger charge is 2.22. The van der Waals surface area contributed by atoms with Crippen LogP contribution in [-0.4, -0.2) is 35.2 Å². The molecule has 6 heteroatoms. The third-order valence-corrected chi connectivity index (χ3v) is 3.70. The van der Waals surface area contributed by atoms with Crippen LogP contribution in [0.4, 0.5) is 4.39 Å². The van der Waals surface area contributed by atoms with Crippen molar-refractivity contribution in [2.24, 2.45) is 0 Å². The van der Waals surface area contributed by atoms with Gasteiger partial charge in [0.15, 0.2) is 0 Å². The van der Waals surface area contributed by atoms with Crippen molar-refractivity contribution in [1.29, 1.82) is 0 Å². The summed E-state index contributed by atoms with van der Waals surface area (Å²) in [6, 6.07) is 5.41. The first-order chi connectivity index (χ1) is 8.66. The van der Waals surface area contributed by atoms with Crippen LogP contribution in [0.25, 0.3) is 0 Å². The summed E-state index contributed by atoms with van der Waals surface area (Å²) in [4.78, 5) is 11.7. The second-order valence-corrected chi connectivity index (χ2v) is 5.11. The summed E-state index contributed by atoms with van der Waals surface area (Å²) in [5, 5.41) is 15.6. The molecule has 0 aliphatic carbocycles. The first kappa shape index (κ1) is 13.3. The SMILES string of the molecule is O=C(NCC(O)c1ccc(F)cc1)[C@H]1CSCN1. The molecule has 2 atom stereocenters. The Morgan fingerprint density at radius 3 is 2.89 bits per heavy atom. The lowest BCUT2D eigenvalue weighted by Gasteiger charge is -2.14. The lowest BCUT2D eigenvalue weighted by atomic mass is 10.1. The number of hydrogen-bond acceptors (Lipinski definition) is 4. The maximum Gasteiger partial charge on any atom is 0.238 e. The van der Waals surface area contributed by atoms with Crippen molar-refractivity contribution in [3.8, 4) is 0 Å². The molecule has 0 aromatic heterocycles. The number of aliphatic hydroxyl groups excluding tert-OH is 1. The Bertz CT molecular complexity index is 407. The number of amides is 1. The quantitative estimate of drug-likeness (QED) is 0.751. The number of thioether (sulfide) groups is 1. The maximum atomic E-state index is 12.7. The number of halogens is 1. The van der Waals surface area contributed by atoms with E-state index in [4.69, 9.17) is 0 Å². The predicted octanol–water partition coefficient (Wildman–Crippen LogP) is 0.638. The van der Waals surface area contributed by atoms with E-state index in [0.717, 1.165) is 11.6 Å². The normalized spacial score (nSPS) is 20.7. The number of rotatable bonds is 4. The molecule has 1 amide bonds. The van der Waals surface area contributed by atoms with Gasteiger partial charge in [0.2, 0.25) is 5.91 Å². The maximum absolute atomic E-state index is 12.7. The van der Waals surface area contributed by atoms with Crippen molar-refractivity contribution in [2.45, 2.75) is 12.1 Å². The highest BCUT2D eigenvalue weighted by Crippen LogP contribution is 2.13. The van der Waals surface area contributed by atoms with Crippen LogP contribution in [0.1, 0.15) is 11.7 Å². The number of hydrogen-bond donors (Lipinski definition) is 3. The topological polar surface area (TPSA) is 61.4 Å². The van der Waals surface area contributed by atoms with Gasteiger partial charge < -0.3 is 10.4 Å². The molecule has 0 saturated carbocycles. The van der Waals surface area contributed by atoms with Gasteiger partial charge in [-0.3, -0.25) is 10.1 Å². The number of aliphatic hydroxyl groups is 1. The molecule has 18 heavy (non-hydrogen) atoms. The standard InChI is InChI=1S/C12H15FN2O2S/c13-9-3-1-8(2-4-9)11(16)5-14-12(17)10-6-18-7-15-10/h1-4,10-11,15-16H,5-7H2,(H,14,17)/t10-,11?/m1/s1. The van der Waals surface area contributed by atoms with Gasteiger partial charge in [0.05, 0.1) is 12.1 Å². The van der Waals surface area contributed by atoms with E-state index in [0.29, 0.717) is 5.56 Å². The van der Waals surface area contributed by atoms with Crippen LogP contribution in [0.2, 0.25) is 0 Å². The summed E-state index contributed by atoms with van der Waals surface area (Å²) in [7, 11) is 0. The van der Waals surface area contributed by atoms with Gasteiger partial charge in [-0.25, -0.2) is 4.39 Å². The number of benzene rings is 1. The first-order valence-electron chi connectivity index (χ1n) is 5.69. The summed E-state index contributed by atoms with van der Waals surface area (Å²) < 4.78 is 12.7. The summed E-state index contributed by atoms with van der Waals surface area (Å²) >= 11 is 1.67. The molecule has 1 heterocycles. The van der Waals surface area contributed by atoms with Crippen LogP contribution in [0.3, 0.4) is 0 Å². The second-order valence-electron chi connectivity index (χ2n) is 4.08. The van der Waals surface area contributed by atoms with Crippen LogP contribution in [-0.2, 0) is 4.79 Å². The van der Waals surface area contributed by atoms with E-state index in [1.807, 2.05) is 0 Å². The molecule has 98 valence electrons. The molecule has 4 nitrogen and oxygen atoms in total. The van der Waals surface area contributed by atoms with Crippen molar-refractivity contribution >= 4 is 17.7 Å². The zero-order valence-electron chi connectivity index (χ0n) is 9.73. The largest absolute Gasteiger partial charge is 0.387 e. The average Bonchev–Trinajstić information content (AvgIpc) is 2.90. The Morgan fingerprint density at radius 2 is 2.28 bits per heavy atom. The highest BCUT2D eigenvalue weighted by atomic mass is 32.2. The molecule has 1 aliphatic heterocycles. The Labute approximate surface area is 109 Å². The lowest BCUT2D eigenvalue weighted by Crippen LogP contribution is -2.43. The zero-order chi connectivity index (χ0) is 13.0. The summed E-state index contributed by atoms with van der Waals surface area (Å²) in [5.41, 5.74) is 0.588. The van der Waals surface area contributed by atoms with Gasteiger partial charge in [0.25, 0.3) is 0 Å². The molecule has 0 bridgehead atoms. The van der Waals surface area contributed by atoms with Crippen LogP contribution in [0, 0.1) is 5.82 Å². The van der Waals surface area contributed by atoms with Crippen LogP contribution in [0.5, 0.6) is 0 Å². The van der Waals surface area contributed by atoms with Crippen molar-refractivity contribution in [1.82, 2.24) is 10.6 Å². The predicted molar refractivity (Wildman–Crippen MR) is 68.6 cm³/mol. The third kappa shape index (κ3) is 3.44. The molecule has 1 saturated heterocycles. The van der Waals surface area contributed by atoms with Gasteiger partial charge in [0, 0.05) is 18.2 Å². The molecule has 1 aromatic rings. The monoisotopic (exact) mass is 270 g/mol. The summed E-state index contributed by atoms with van der Waals surface area (Å²) in [6.45, 7) is 0.132. The Kier molecular flexibility index (Phi) is 4.57. The zero-order valence-corrected chi connectivity index (χ0v) is 10.5. The Balaban J connectivity index is 1.82.